The fourth-order valence-corrected chi connectivity index (χ4v) is 3.97. The Morgan fingerprint density at radius 3 is 2.52 bits per heavy atom. The zero-order valence-corrected chi connectivity index (χ0v) is 15.2. The van der Waals surface area contributed by atoms with Crippen molar-refractivity contribution in [2.24, 2.45) is 0 Å². The molecule has 2 aliphatic heterocycles. The summed E-state index contributed by atoms with van der Waals surface area (Å²) < 4.78 is 6.17. The molecule has 0 aliphatic carbocycles. The van der Waals surface area contributed by atoms with Crippen LogP contribution >= 0.6 is 0 Å². The van der Waals surface area contributed by atoms with Crippen molar-refractivity contribution < 1.29 is 24.5 Å². The number of nitrogens with zero attached hydrogens (tertiary/aromatic N) is 1. The van der Waals surface area contributed by atoms with Gasteiger partial charge >= 0.3 is 5.97 Å². The maximum atomic E-state index is 13.1. The molecule has 0 saturated carbocycles. The van der Waals surface area contributed by atoms with Crippen molar-refractivity contribution >= 4 is 11.9 Å². The number of hydrogen-bond acceptors (Lipinski definition) is 4. The summed E-state index contributed by atoms with van der Waals surface area (Å²) in [6, 6.07) is -0.765. The lowest BCUT2D eigenvalue weighted by Crippen LogP contribution is -2.55. The van der Waals surface area contributed by atoms with E-state index in [1.54, 1.807) is 6.92 Å². The topological polar surface area (TPSA) is 87.1 Å². The van der Waals surface area contributed by atoms with Crippen LogP contribution in [-0.2, 0) is 16.0 Å². The van der Waals surface area contributed by atoms with Gasteiger partial charge in [-0.2, -0.15) is 0 Å². The molecule has 1 aromatic carbocycles. The molecule has 2 aliphatic rings. The number of fused-ring (bicyclic) bond motifs is 1. The molecule has 2 heterocycles. The number of phenolic OH excluding ortho intramolecular Hbond substituents is 1. The standard InChI is InChI=1S/C19H25NO5/c1-10-11(2)16-13(12(3)15(10)21)7-8-19(4,25-16)18(24)20-9-5-6-14(20)17(22)23/h14,21H,5-9H2,1-4H3,(H,22,23). The monoisotopic (exact) mass is 347 g/mol. The minimum Gasteiger partial charge on any atom is -0.507 e. The van der Waals surface area contributed by atoms with Gasteiger partial charge in [-0.15, -0.1) is 0 Å². The number of carboxylic acids is 1. The van der Waals surface area contributed by atoms with Crippen molar-refractivity contribution in [1.29, 1.82) is 0 Å². The molecule has 6 heteroatoms. The molecule has 1 aromatic rings. The smallest absolute Gasteiger partial charge is 0.326 e. The number of benzene rings is 1. The van der Waals surface area contributed by atoms with Gasteiger partial charge in [0.05, 0.1) is 0 Å². The molecule has 0 radical (unpaired) electrons. The maximum absolute atomic E-state index is 13.1. The summed E-state index contributed by atoms with van der Waals surface area (Å²) in [4.78, 5) is 26.0. The average molecular weight is 347 g/mol. The van der Waals surface area contributed by atoms with Gasteiger partial charge in [0.2, 0.25) is 0 Å². The van der Waals surface area contributed by atoms with E-state index in [1.807, 2.05) is 20.8 Å². The Morgan fingerprint density at radius 2 is 1.88 bits per heavy atom. The fourth-order valence-electron chi connectivity index (χ4n) is 3.97. The van der Waals surface area contributed by atoms with E-state index in [0.29, 0.717) is 38.0 Å². The van der Waals surface area contributed by atoms with Crippen molar-refractivity contribution in [3.8, 4) is 11.5 Å². The first-order valence-corrected chi connectivity index (χ1v) is 8.72. The molecule has 1 amide bonds. The number of rotatable bonds is 2. The van der Waals surface area contributed by atoms with E-state index in [4.69, 9.17) is 4.74 Å². The first-order valence-electron chi connectivity index (χ1n) is 8.72. The van der Waals surface area contributed by atoms with Crippen molar-refractivity contribution in [2.75, 3.05) is 6.54 Å². The molecule has 2 atom stereocenters. The summed E-state index contributed by atoms with van der Waals surface area (Å²) in [6.07, 6.45) is 2.26. The molecule has 3 rings (SSSR count). The Hall–Kier alpha value is -2.24. The molecule has 0 spiro atoms. The number of amides is 1. The van der Waals surface area contributed by atoms with E-state index in [9.17, 15) is 19.8 Å². The molecular weight excluding hydrogens is 322 g/mol. The van der Waals surface area contributed by atoms with E-state index in [-0.39, 0.29) is 11.7 Å². The highest BCUT2D eigenvalue weighted by Crippen LogP contribution is 2.44. The van der Waals surface area contributed by atoms with Crippen LogP contribution in [0.3, 0.4) is 0 Å². The van der Waals surface area contributed by atoms with Gasteiger partial charge < -0.3 is 19.8 Å². The second-order valence-corrected chi connectivity index (χ2v) is 7.36. The summed E-state index contributed by atoms with van der Waals surface area (Å²) in [5.41, 5.74) is 2.22. The van der Waals surface area contributed by atoms with Crippen molar-refractivity contribution in [3.05, 3.63) is 22.3 Å². The number of aliphatic carboxylic acids is 1. The van der Waals surface area contributed by atoms with Crippen LogP contribution in [0.25, 0.3) is 0 Å². The lowest BCUT2D eigenvalue weighted by molar-refractivity contribution is -0.156. The lowest BCUT2D eigenvalue weighted by Gasteiger charge is -2.39. The van der Waals surface area contributed by atoms with Crippen molar-refractivity contribution in [2.45, 2.75) is 65.0 Å². The van der Waals surface area contributed by atoms with Gasteiger partial charge in [-0.3, -0.25) is 4.79 Å². The Morgan fingerprint density at radius 1 is 1.20 bits per heavy atom. The average Bonchev–Trinajstić information content (AvgIpc) is 3.07. The van der Waals surface area contributed by atoms with E-state index in [0.717, 1.165) is 22.3 Å². The first-order chi connectivity index (χ1) is 11.7. The van der Waals surface area contributed by atoms with Gasteiger partial charge in [-0.25, -0.2) is 4.79 Å². The number of ether oxygens (including phenoxy) is 1. The third-order valence-corrected chi connectivity index (χ3v) is 5.77. The number of carbonyl (C=O) groups excluding carboxylic acids is 1. The highest BCUT2D eigenvalue weighted by Gasteiger charge is 2.47. The van der Waals surface area contributed by atoms with Crippen LogP contribution in [0, 0.1) is 20.8 Å². The summed E-state index contributed by atoms with van der Waals surface area (Å²) in [5, 5.41) is 19.6. The second-order valence-electron chi connectivity index (χ2n) is 7.36. The molecule has 2 N–H and O–H groups in total. The predicted octanol–water partition coefficient (Wildman–Crippen LogP) is 2.48. The molecule has 0 aromatic heterocycles. The second kappa shape index (κ2) is 5.93. The molecule has 1 saturated heterocycles. The lowest BCUT2D eigenvalue weighted by atomic mass is 9.86. The fraction of sp³-hybridized carbons (Fsp3) is 0.579. The van der Waals surface area contributed by atoms with Crippen LogP contribution in [0.4, 0.5) is 0 Å². The highest BCUT2D eigenvalue weighted by atomic mass is 16.5. The number of hydrogen-bond donors (Lipinski definition) is 2. The van der Waals surface area contributed by atoms with Crippen molar-refractivity contribution in [1.82, 2.24) is 4.90 Å². The van der Waals surface area contributed by atoms with Gasteiger partial charge in [-0.05, 0) is 63.6 Å². The number of likely N-dealkylation sites (tertiary alicyclic amines) is 1. The number of carboxylic acid groups (broad SMARTS) is 1. The van der Waals surface area contributed by atoms with E-state index in [2.05, 4.69) is 0 Å². The molecule has 0 bridgehead atoms. The van der Waals surface area contributed by atoms with Crippen LogP contribution in [0.5, 0.6) is 11.5 Å². The molecule has 1 fully saturated rings. The van der Waals surface area contributed by atoms with Gasteiger partial charge in [0.15, 0.2) is 5.60 Å². The summed E-state index contributed by atoms with van der Waals surface area (Å²) in [5.74, 6) is -0.287. The predicted molar refractivity (Wildman–Crippen MR) is 92.0 cm³/mol. The maximum Gasteiger partial charge on any atom is 0.326 e. The Labute approximate surface area is 147 Å². The molecule has 6 nitrogen and oxygen atoms in total. The van der Waals surface area contributed by atoms with E-state index >= 15 is 0 Å². The first kappa shape index (κ1) is 17.6. The number of carbonyl (C=O) groups is 2. The van der Waals surface area contributed by atoms with Crippen LogP contribution in [-0.4, -0.2) is 45.2 Å². The number of phenols is 1. The third-order valence-electron chi connectivity index (χ3n) is 5.77. The SMILES string of the molecule is Cc1c(C)c2c(c(C)c1O)CCC(C)(C(=O)N1CCCC1C(=O)O)O2. The Kier molecular flexibility index (Phi) is 4.17. The quantitative estimate of drug-likeness (QED) is 0.858. The highest BCUT2D eigenvalue weighted by molar-refractivity contribution is 5.90. The van der Waals surface area contributed by atoms with Crippen LogP contribution in [0.1, 0.15) is 48.4 Å². The number of aromatic hydroxyl groups is 1. The third kappa shape index (κ3) is 2.64. The van der Waals surface area contributed by atoms with Crippen LogP contribution in [0.2, 0.25) is 0 Å². The summed E-state index contributed by atoms with van der Waals surface area (Å²) in [7, 11) is 0. The zero-order valence-electron chi connectivity index (χ0n) is 15.2. The largest absolute Gasteiger partial charge is 0.507 e. The minimum atomic E-state index is -1.08. The summed E-state index contributed by atoms with van der Waals surface area (Å²) in [6.45, 7) is 7.76. The van der Waals surface area contributed by atoms with E-state index in [1.165, 1.54) is 4.90 Å². The van der Waals surface area contributed by atoms with Gasteiger partial charge in [0, 0.05) is 18.5 Å². The minimum absolute atomic E-state index is 0.258. The Balaban J connectivity index is 1.96. The van der Waals surface area contributed by atoms with Crippen LogP contribution < -0.4 is 4.74 Å². The van der Waals surface area contributed by atoms with Crippen molar-refractivity contribution in [3.63, 3.8) is 0 Å². The van der Waals surface area contributed by atoms with Gasteiger partial charge in [0.1, 0.15) is 17.5 Å². The van der Waals surface area contributed by atoms with Gasteiger partial charge in [0.25, 0.3) is 5.91 Å². The normalized spacial score (nSPS) is 25.4. The molecule has 25 heavy (non-hydrogen) atoms. The van der Waals surface area contributed by atoms with E-state index < -0.39 is 17.6 Å². The van der Waals surface area contributed by atoms with Gasteiger partial charge in [-0.1, -0.05) is 0 Å². The molecule has 2 unspecified atom stereocenters. The molecular formula is C19H25NO5. The molecule has 136 valence electrons. The van der Waals surface area contributed by atoms with Crippen LogP contribution in [0.15, 0.2) is 0 Å². The zero-order chi connectivity index (χ0) is 18.5. The summed E-state index contributed by atoms with van der Waals surface area (Å²) >= 11 is 0. The Bertz CT molecular complexity index is 757.